The number of nitrogens with zero attached hydrogens (tertiary/aromatic N) is 3. The topological polar surface area (TPSA) is 56.6 Å². The first-order valence-electron chi connectivity index (χ1n) is 13.5. The van der Waals surface area contributed by atoms with Crippen molar-refractivity contribution in [2.45, 2.75) is 70.6 Å². The first-order chi connectivity index (χ1) is 18.1. The SMILES string of the molecule is CC(C)C1(C(=O)N2COc3ccc(C(F)(F)F)cc3C2)CC[C@@H](N2CCC(c3cccc(C#N)c3)CC2)C1. The van der Waals surface area contributed by atoms with Crippen LogP contribution in [-0.4, -0.2) is 41.6 Å². The molecule has 1 aliphatic carbocycles. The molecule has 1 unspecified atom stereocenters. The molecule has 0 radical (unpaired) electrons. The molecule has 202 valence electrons. The van der Waals surface area contributed by atoms with E-state index in [0.717, 1.165) is 57.3 Å². The molecular formula is C30H34F3N3O2. The van der Waals surface area contributed by atoms with E-state index in [0.29, 0.717) is 28.8 Å². The molecule has 3 aliphatic rings. The van der Waals surface area contributed by atoms with Crippen LogP contribution < -0.4 is 4.74 Å². The maximum Gasteiger partial charge on any atom is 0.416 e. The Balaban J connectivity index is 1.26. The van der Waals surface area contributed by atoms with Crippen LogP contribution in [-0.2, 0) is 17.5 Å². The number of fused-ring (bicyclic) bond motifs is 1. The lowest BCUT2D eigenvalue weighted by Crippen LogP contribution is -2.49. The van der Waals surface area contributed by atoms with E-state index in [4.69, 9.17) is 4.74 Å². The number of hydrogen-bond donors (Lipinski definition) is 0. The Morgan fingerprint density at radius 1 is 1.13 bits per heavy atom. The van der Waals surface area contributed by atoms with Gasteiger partial charge in [-0.3, -0.25) is 4.79 Å². The molecule has 5 nitrogen and oxygen atoms in total. The van der Waals surface area contributed by atoms with Gasteiger partial charge in [0.1, 0.15) is 5.75 Å². The van der Waals surface area contributed by atoms with E-state index >= 15 is 0 Å². The van der Waals surface area contributed by atoms with E-state index in [1.54, 1.807) is 4.90 Å². The molecule has 1 saturated carbocycles. The van der Waals surface area contributed by atoms with Gasteiger partial charge in [0.25, 0.3) is 0 Å². The van der Waals surface area contributed by atoms with E-state index in [-0.39, 0.29) is 25.1 Å². The zero-order chi connectivity index (χ0) is 27.1. The van der Waals surface area contributed by atoms with Gasteiger partial charge < -0.3 is 14.5 Å². The summed E-state index contributed by atoms with van der Waals surface area (Å²) < 4.78 is 45.5. The summed E-state index contributed by atoms with van der Waals surface area (Å²) in [6.45, 7) is 6.25. The lowest BCUT2D eigenvalue weighted by molar-refractivity contribution is -0.150. The highest BCUT2D eigenvalue weighted by Crippen LogP contribution is 2.49. The van der Waals surface area contributed by atoms with Crippen molar-refractivity contribution in [1.29, 1.82) is 5.26 Å². The highest BCUT2D eigenvalue weighted by atomic mass is 19.4. The van der Waals surface area contributed by atoms with Crippen LogP contribution in [0.1, 0.15) is 74.1 Å². The Bertz CT molecular complexity index is 1230. The summed E-state index contributed by atoms with van der Waals surface area (Å²) >= 11 is 0. The fourth-order valence-corrected chi connectivity index (χ4v) is 6.65. The summed E-state index contributed by atoms with van der Waals surface area (Å²) in [7, 11) is 0. The molecule has 2 aromatic carbocycles. The van der Waals surface area contributed by atoms with Crippen molar-refractivity contribution in [3.05, 3.63) is 64.7 Å². The summed E-state index contributed by atoms with van der Waals surface area (Å²) in [4.78, 5) is 18.1. The molecule has 2 aliphatic heterocycles. The van der Waals surface area contributed by atoms with Crippen LogP contribution >= 0.6 is 0 Å². The number of hydrogen-bond acceptors (Lipinski definition) is 4. The monoisotopic (exact) mass is 525 g/mol. The average molecular weight is 526 g/mol. The van der Waals surface area contributed by atoms with Crippen LogP contribution in [0.2, 0.25) is 0 Å². The van der Waals surface area contributed by atoms with E-state index in [1.165, 1.54) is 11.6 Å². The van der Waals surface area contributed by atoms with Crippen molar-refractivity contribution >= 4 is 5.91 Å². The summed E-state index contributed by atoms with van der Waals surface area (Å²) in [5, 5.41) is 9.23. The average Bonchev–Trinajstić information content (AvgIpc) is 3.39. The van der Waals surface area contributed by atoms with Gasteiger partial charge in [0, 0.05) is 11.6 Å². The van der Waals surface area contributed by atoms with Crippen LogP contribution in [0.4, 0.5) is 13.2 Å². The predicted octanol–water partition coefficient (Wildman–Crippen LogP) is 6.33. The predicted molar refractivity (Wildman–Crippen MR) is 137 cm³/mol. The van der Waals surface area contributed by atoms with Crippen molar-refractivity contribution in [3.8, 4) is 11.8 Å². The molecule has 5 rings (SSSR count). The zero-order valence-corrected chi connectivity index (χ0v) is 21.9. The molecule has 2 fully saturated rings. The summed E-state index contributed by atoms with van der Waals surface area (Å²) in [5.74, 6) is 0.938. The van der Waals surface area contributed by atoms with E-state index in [9.17, 15) is 23.2 Å². The molecule has 2 aromatic rings. The fourth-order valence-electron chi connectivity index (χ4n) is 6.65. The lowest BCUT2D eigenvalue weighted by atomic mass is 9.74. The van der Waals surface area contributed by atoms with Crippen molar-refractivity contribution in [3.63, 3.8) is 0 Å². The zero-order valence-electron chi connectivity index (χ0n) is 21.9. The van der Waals surface area contributed by atoms with Crippen LogP contribution in [0, 0.1) is 22.7 Å². The van der Waals surface area contributed by atoms with Crippen LogP contribution in [0.3, 0.4) is 0 Å². The number of halogens is 3. The van der Waals surface area contributed by atoms with Crippen LogP contribution in [0.25, 0.3) is 0 Å². The second-order valence-corrected chi connectivity index (χ2v) is 11.4. The Hall–Kier alpha value is -3.05. The molecule has 0 N–H and O–H groups in total. The van der Waals surface area contributed by atoms with Crippen molar-refractivity contribution < 1.29 is 22.7 Å². The lowest BCUT2D eigenvalue weighted by Gasteiger charge is -2.41. The number of piperidine rings is 1. The summed E-state index contributed by atoms with van der Waals surface area (Å²) in [6, 6.07) is 13.9. The van der Waals surface area contributed by atoms with Gasteiger partial charge >= 0.3 is 6.18 Å². The number of amides is 1. The van der Waals surface area contributed by atoms with Crippen LogP contribution in [0.15, 0.2) is 42.5 Å². The van der Waals surface area contributed by atoms with Gasteiger partial charge in [-0.25, -0.2) is 0 Å². The van der Waals surface area contributed by atoms with Gasteiger partial charge in [0.2, 0.25) is 5.91 Å². The number of likely N-dealkylation sites (tertiary alicyclic amines) is 1. The molecule has 0 spiro atoms. The van der Waals surface area contributed by atoms with Crippen LogP contribution in [0.5, 0.6) is 5.75 Å². The third kappa shape index (κ3) is 5.01. The molecule has 0 bridgehead atoms. The maximum absolute atomic E-state index is 14.0. The van der Waals surface area contributed by atoms with Gasteiger partial charge in [-0.1, -0.05) is 26.0 Å². The number of alkyl halides is 3. The molecule has 1 amide bonds. The Morgan fingerprint density at radius 2 is 1.89 bits per heavy atom. The van der Waals surface area contributed by atoms with Gasteiger partial charge in [0.05, 0.1) is 29.2 Å². The fraction of sp³-hybridized carbons (Fsp3) is 0.533. The molecule has 1 saturated heterocycles. The van der Waals surface area contributed by atoms with E-state index in [1.807, 2.05) is 18.2 Å². The summed E-state index contributed by atoms with van der Waals surface area (Å²) in [6.07, 6.45) is 0.0556. The number of benzene rings is 2. The minimum absolute atomic E-state index is 0.0127. The molecule has 2 atom stereocenters. The molecular weight excluding hydrogens is 491 g/mol. The maximum atomic E-state index is 14.0. The smallest absolute Gasteiger partial charge is 0.416 e. The molecule has 38 heavy (non-hydrogen) atoms. The normalized spacial score (nSPS) is 24.7. The first kappa shape index (κ1) is 26.6. The minimum atomic E-state index is -4.44. The van der Waals surface area contributed by atoms with E-state index in [2.05, 4.69) is 30.9 Å². The molecule has 8 heteroatoms. The van der Waals surface area contributed by atoms with Gasteiger partial charge in [-0.2, -0.15) is 18.4 Å². The molecule has 2 heterocycles. The van der Waals surface area contributed by atoms with Crippen molar-refractivity contribution in [2.75, 3.05) is 19.8 Å². The number of carbonyl (C=O) groups is 1. The van der Waals surface area contributed by atoms with Gasteiger partial charge in [0.15, 0.2) is 6.73 Å². The Kier molecular flexibility index (Phi) is 7.17. The Morgan fingerprint density at radius 3 is 2.58 bits per heavy atom. The first-order valence-corrected chi connectivity index (χ1v) is 13.5. The highest BCUT2D eigenvalue weighted by Gasteiger charge is 2.51. The summed E-state index contributed by atoms with van der Waals surface area (Å²) in [5.41, 5.74) is 1.04. The van der Waals surface area contributed by atoms with Crippen molar-refractivity contribution in [1.82, 2.24) is 9.80 Å². The van der Waals surface area contributed by atoms with E-state index < -0.39 is 17.2 Å². The van der Waals surface area contributed by atoms with Gasteiger partial charge in [-0.15, -0.1) is 0 Å². The number of carbonyl (C=O) groups excluding carboxylic acids is 1. The number of ether oxygens (including phenoxy) is 1. The number of rotatable bonds is 4. The Labute approximate surface area is 222 Å². The highest BCUT2D eigenvalue weighted by molar-refractivity contribution is 5.83. The van der Waals surface area contributed by atoms with Crippen molar-refractivity contribution in [2.24, 2.45) is 11.3 Å². The third-order valence-electron chi connectivity index (χ3n) is 9.00. The standard InChI is InChI=1S/C30H34F3N3O2/c1-20(2)29(28(37)36-18-24-15-25(30(31,32)33)6-7-27(24)38-19-36)11-8-26(16-29)35-12-9-22(10-13-35)23-5-3-4-21(14-23)17-34/h3-7,14-15,20,22,26H,8-13,16,18-19H2,1-2H3/t26-,29?/m1/s1. The second-order valence-electron chi connectivity index (χ2n) is 11.4. The largest absolute Gasteiger partial charge is 0.473 e. The number of nitriles is 1. The third-order valence-corrected chi connectivity index (χ3v) is 9.00. The minimum Gasteiger partial charge on any atom is -0.473 e. The molecule has 0 aromatic heterocycles. The van der Waals surface area contributed by atoms with Gasteiger partial charge in [-0.05, 0) is 92.9 Å². The quantitative estimate of drug-likeness (QED) is 0.468. The second kappa shape index (κ2) is 10.3.